The average Bonchev–Trinajstić information content (AvgIpc) is 2.46. The fourth-order valence-corrected chi connectivity index (χ4v) is 1.92. The van der Waals surface area contributed by atoms with E-state index >= 15 is 0 Å². The highest BCUT2D eigenvalue weighted by Crippen LogP contribution is 2.21. The number of rotatable bonds is 4. The van der Waals surface area contributed by atoms with Gasteiger partial charge < -0.3 is 5.32 Å². The van der Waals surface area contributed by atoms with Crippen LogP contribution in [0.25, 0.3) is 0 Å². The zero-order chi connectivity index (χ0) is 14.6. The first-order chi connectivity index (χ1) is 9.49. The Bertz CT molecular complexity index is 582. The summed E-state index contributed by atoms with van der Waals surface area (Å²) in [5.74, 6) is -0.252. The van der Waals surface area contributed by atoms with Crippen molar-refractivity contribution in [1.29, 1.82) is 0 Å². The Morgan fingerprint density at radius 3 is 2.45 bits per heavy atom. The van der Waals surface area contributed by atoms with E-state index in [4.69, 9.17) is 11.6 Å². The minimum atomic E-state index is -0.252. The number of nitrogens with one attached hydrogen (secondary N) is 1. The van der Waals surface area contributed by atoms with E-state index in [0.29, 0.717) is 6.54 Å². The first-order valence-electron chi connectivity index (χ1n) is 6.32. The summed E-state index contributed by atoms with van der Waals surface area (Å²) in [5, 5.41) is 10.6. The molecule has 1 N–H and O–H groups in total. The van der Waals surface area contributed by atoms with Crippen LogP contribution in [-0.2, 0) is 5.41 Å². The molecule has 1 heterocycles. The third kappa shape index (κ3) is 3.54. The average molecular weight is 290 g/mol. The van der Waals surface area contributed by atoms with Crippen molar-refractivity contribution in [2.75, 3.05) is 6.54 Å². The normalized spacial score (nSPS) is 11.2. The van der Waals surface area contributed by atoms with Gasteiger partial charge in [0.1, 0.15) is 0 Å². The van der Waals surface area contributed by atoms with Gasteiger partial charge in [-0.25, -0.2) is 0 Å². The number of aromatic nitrogens is 2. The van der Waals surface area contributed by atoms with Crippen LogP contribution in [0.1, 0.15) is 29.9 Å². The van der Waals surface area contributed by atoms with E-state index in [9.17, 15) is 4.79 Å². The van der Waals surface area contributed by atoms with E-state index in [1.807, 2.05) is 30.3 Å². The highest BCUT2D eigenvalue weighted by atomic mass is 35.5. The highest BCUT2D eigenvalue weighted by molar-refractivity contribution is 6.29. The van der Waals surface area contributed by atoms with Crippen molar-refractivity contribution in [1.82, 2.24) is 15.5 Å². The van der Waals surface area contributed by atoms with Crippen molar-refractivity contribution in [2.24, 2.45) is 0 Å². The van der Waals surface area contributed by atoms with E-state index in [0.717, 1.165) is 0 Å². The summed E-state index contributed by atoms with van der Waals surface area (Å²) in [4.78, 5) is 12.0. The van der Waals surface area contributed by atoms with Crippen LogP contribution in [0.3, 0.4) is 0 Å². The predicted octanol–water partition coefficient (Wildman–Crippen LogP) is 2.84. The van der Waals surface area contributed by atoms with Gasteiger partial charge in [-0.05, 0) is 17.7 Å². The zero-order valence-electron chi connectivity index (χ0n) is 11.4. The van der Waals surface area contributed by atoms with Crippen LogP contribution in [-0.4, -0.2) is 22.6 Å². The predicted molar refractivity (Wildman–Crippen MR) is 78.8 cm³/mol. The first-order valence-corrected chi connectivity index (χ1v) is 6.70. The molecule has 1 aromatic heterocycles. The van der Waals surface area contributed by atoms with Crippen LogP contribution < -0.4 is 5.32 Å². The van der Waals surface area contributed by atoms with Crippen molar-refractivity contribution in [3.05, 3.63) is 58.9 Å². The minimum Gasteiger partial charge on any atom is -0.350 e. The fourth-order valence-electron chi connectivity index (χ4n) is 1.82. The molecule has 1 aromatic carbocycles. The molecule has 0 aliphatic heterocycles. The number of amides is 1. The number of hydrogen-bond donors (Lipinski definition) is 1. The van der Waals surface area contributed by atoms with Crippen LogP contribution in [0.5, 0.6) is 0 Å². The number of carbonyl (C=O) groups is 1. The highest BCUT2D eigenvalue weighted by Gasteiger charge is 2.21. The molecule has 2 aromatic rings. The van der Waals surface area contributed by atoms with Gasteiger partial charge in [0.15, 0.2) is 10.8 Å². The van der Waals surface area contributed by atoms with Gasteiger partial charge in [0.25, 0.3) is 5.91 Å². The van der Waals surface area contributed by atoms with Crippen molar-refractivity contribution in [3.63, 3.8) is 0 Å². The number of benzene rings is 1. The molecule has 0 aliphatic carbocycles. The number of carbonyl (C=O) groups excluding carboxylic acids is 1. The fraction of sp³-hybridized carbons (Fsp3) is 0.267. The molecule has 0 atom stereocenters. The molecular weight excluding hydrogens is 274 g/mol. The summed E-state index contributed by atoms with van der Waals surface area (Å²) in [6.45, 7) is 4.67. The van der Waals surface area contributed by atoms with Gasteiger partial charge in [-0.2, -0.15) is 0 Å². The lowest BCUT2D eigenvalue weighted by Crippen LogP contribution is -2.37. The first kappa shape index (κ1) is 14.5. The van der Waals surface area contributed by atoms with E-state index in [-0.39, 0.29) is 22.2 Å². The van der Waals surface area contributed by atoms with Crippen molar-refractivity contribution in [3.8, 4) is 0 Å². The lowest BCUT2D eigenvalue weighted by atomic mass is 9.84. The van der Waals surface area contributed by atoms with E-state index in [2.05, 4.69) is 29.4 Å². The van der Waals surface area contributed by atoms with Gasteiger partial charge in [-0.3, -0.25) is 4.79 Å². The van der Waals surface area contributed by atoms with Crippen molar-refractivity contribution < 1.29 is 4.79 Å². The van der Waals surface area contributed by atoms with Crippen molar-refractivity contribution >= 4 is 17.5 Å². The quantitative estimate of drug-likeness (QED) is 0.941. The summed E-state index contributed by atoms with van der Waals surface area (Å²) in [6, 6.07) is 13.2. The molecule has 4 nitrogen and oxygen atoms in total. The molecular formula is C15H16ClN3O. The van der Waals surface area contributed by atoms with E-state index in [1.54, 1.807) is 12.1 Å². The lowest BCUT2D eigenvalue weighted by Gasteiger charge is -2.25. The third-order valence-electron chi connectivity index (χ3n) is 3.11. The van der Waals surface area contributed by atoms with E-state index in [1.165, 1.54) is 5.56 Å². The van der Waals surface area contributed by atoms with Gasteiger partial charge in [0, 0.05) is 12.0 Å². The molecule has 0 bridgehead atoms. The molecule has 5 heteroatoms. The molecule has 0 spiro atoms. The Morgan fingerprint density at radius 1 is 1.15 bits per heavy atom. The number of halogens is 1. The van der Waals surface area contributed by atoms with Crippen LogP contribution in [0, 0.1) is 0 Å². The SMILES string of the molecule is CC(C)(CNC(=O)c1ccc(Cl)nn1)c1ccccc1. The molecule has 0 aliphatic rings. The Morgan fingerprint density at radius 2 is 1.85 bits per heavy atom. The summed E-state index contributed by atoms with van der Waals surface area (Å²) in [6.07, 6.45) is 0. The minimum absolute atomic E-state index is 0.156. The van der Waals surface area contributed by atoms with Gasteiger partial charge in [-0.1, -0.05) is 55.8 Å². The Kier molecular flexibility index (Phi) is 4.35. The molecule has 0 saturated carbocycles. The molecule has 0 fully saturated rings. The molecule has 0 unspecified atom stereocenters. The third-order valence-corrected chi connectivity index (χ3v) is 3.31. The maximum Gasteiger partial charge on any atom is 0.271 e. The van der Waals surface area contributed by atoms with Crippen LogP contribution in [0.2, 0.25) is 5.15 Å². The van der Waals surface area contributed by atoms with Crippen LogP contribution in [0.4, 0.5) is 0 Å². The maximum atomic E-state index is 12.0. The summed E-state index contributed by atoms with van der Waals surface area (Å²) in [7, 11) is 0. The second kappa shape index (κ2) is 6.01. The van der Waals surface area contributed by atoms with Gasteiger partial charge >= 0.3 is 0 Å². The Labute approximate surface area is 123 Å². The standard InChI is InChI=1S/C15H16ClN3O/c1-15(2,11-6-4-3-5-7-11)10-17-14(20)12-8-9-13(16)19-18-12/h3-9H,10H2,1-2H3,(H,17,20). The largest absolute Gasteiger partial charge is 0.350 e. The molecule has 0 radical (unpaired) electrons. The van der Waals surface area contributed by atoms with Gasteiger partial charge in [-0.15, -0.1) is 10.2 Å². The topological polar surface area (TPSA) is 54.9 Å². The monoisotopic (exact) mass is 289 g/mol. The number of nitrogens with zero attached hydrogens (tertiary/aromatic N) is 2. The zero-order valence-corrected chi connectivity index (χ0v) is 12.2. The smallest absolute Gasteiger partial charge is 0.271 e. The lowest BCUT2D eigenvalue weighted by molar-refractivity contribution is 0.0939. The Balaban J connectivity index is 2.01. The van der Waals surface area contributed by atoms with E-state index < -0.39 is 0 Å². The van der Waals surface area contributed by atoms with Gasteiger partial charge in [0.05, 0.1) is 0 Å². The van der Waals surface area contributed by atoms with Gasteiger partial charge in [0.2, 0.25) is 0 Å². The second-order valence-corrected chi connectivity index (χ2v) is 5.56. The molecule has 20 heavy (non-hydrogen) atoms. The Hall–Kier alpha value is -1.94. The molecule has 104 valence electrons. The van der Waals surface area contributed by atoms with Crippen molar-refractivity contribution in [2.45, 2.75) is 19.3 Å². The van der Waals surface area contributed by atoms with Crippen LogP contribution >= 0.6 is 11.6 Å². The molecule has 1 amide bonds. The molecule has 0 saturated heterocycles. The number of hydrogen-bond acceptors (Lipinski definition) is 3. The summed E-state index contributed by atoms with van der Waals surface area (Å²) in [5.41, 5.74) is 1.28. The summed E-state index contributed by atoms with van der Waals surface area (Å²) < 4.78 is 0. The maximum absolute atomic E-state index is 12.0. The second-order valence-electron chi connectivity index (χ2n) is 5.17. The van der Waals surface area contributed by atoms with Crippen LogP contribution in [0.15, 0.2) is 42.5 Å². The summed E-state index contributed by atoms with van der Waals surface area (Å²) >= 11 is 5.64. The molecule has 2 rings (SSSR count).